The van der Waals surface area contributed by atoms with Crippen LogP contribution >= 0.6 is 0 Å². The third-order valence-electron chi connectivity index (χ3n) is 4.21. The van der Waals surface area contributed by atoms with Crippen molar-refractivity contribution in [1.29, 1.82) is 0 Å². The Hall–Kier alpha value is -0.870. The first-order chi connectivity index (χ1) is 8.97. The predicted octanol–water partition coefficient (Wildman–Crippen LogP) is 1.87. The molecule has 2 rings (SSSR count). The Morgan fingerprint density at radius 3 is 2.58 bits per heavy atom. The van der Waals surface area contributed by atoms with Crippen molar-refractivity contribution in [3.05, 3.63) is 18.0 Å². The molecule has 0 aromatic carbocycles. The summed E-state index contributed by atoms with van der Waals surface area (Å²) in [5.74, 6) is 1.36. The van der Waals surface area contributed by atoms with E-state index in [9.17, 15) is 0 Å². The SMILES string of the molecule is CC(C)C1CN(Cc2cnn(C)c2)C(C(C)C)CN1. The molecule has 0 saturated carbocycles. The van der Waals surface area contributed by atoms with Gasteiger partial charge in [0.1, 0.15) is 0 Å². The number of aromatic nitrogens is 2. The lowest BCUT2D eigenvalue weighted by Gasteiger charge is -2.43. The highest BCUT2D eigenvalue weighted by molar-refractivity contribution is 5.05. The summed E-state index contributed by atoms with van der Waals surface area (Å²) in [5, 5.41) is 7.99. The van der Waals surface area contributed by atoms with Crippen molar-refractivity contribution in [3.8, 4) is 0 Å². The average molecular weight is 264 g/mol. The average Bonchev–Trinajstić information content (AvgIpc) is 2.74. The highest BCUT2D eigenvalue weighted by Crippen LogP contribution is 2.20. The van der Waals surface area contributed by atoms with Crippen molar-refractivity contribution in [2.24, 2.45) is 18.9 Å². The molecule has 0 spiro atoms. The first-order valence-electron chi connectivity index (χ1n) is 7.42. The van der Waals surface area contributed by atoms with Gasteiger partial charge in [-0.25, -0.2) is 0 Å². The van der Waals surface area contributed by atoms with E-state index in [1.807, 2.05) is 17.9 Å². The van der Waals surface area contributed by atoms with Gasteiger partial charge in [0.25, 0.3) is 0 Å². The van der Waals surface area contributed by atoms with Crippen LogP contribution in [0.3, 0.4) is 0 Å². The molecule has 1 aliphatic heterocycles. The molecular formula is C15H28N4. The van der Waals surface area contributed by atoms with Crippen LogP contribution in [0.4, 0.5) is 0 Å². The van der Waals surface area contributed by atoms with Crippen molar-refractivity contribution >= 4 is 0 Å². The minimum atomic E-state index is 0.603. The number of aryl methyl sites for hydroxylation is 1. The van der Waals surface area contributed by atoms with E-state index in [0.717, 1.165) is 19.6 Å². The van der Waals surface area contributed by atoms with E-state index < -0.39 is 0 Å². The van der Waals surface area contributed by atoms with E-state index in [2.05, 4.69) is 49.2 Å². The molecule has 2 unspecified atom stereocenters. The highest BCUT2D eigenvalue weighted by Gasteiger charge is 2.31. The maximum atomic E-state index is 4.28. The van der Waals surface area contributed by atoms with Crippen LogP contribution in [-0.2, 0) is 13.6 Å². The van der Waals surface area contributed by atoms with Gasteiger partial charge < -0.3 is 5.32 Å². The van der Waals surface area contributed by atoms with E-state index in [1.165, 1.54) is 5.56 Å². The van der Waals surface area contributed by atoms with Gasteiger partial charge in [0.05, 0.1) is 6.20 Å². The van der Waals surface area contributed by atoms with Gasteiger partial charge in [-0.05, 0) is 11.8 Å². The summed E-state index contributed by atoms with van der Waals surface area (Å²) in [6.45, 7) is 12.5. The van der Waals surface area contributed by atoms with Crippen LogP contribution in [0.5, 0.6) is 0 Å². The van der Waals surface area contributed by atoms with Gasteiger partial charge in [-0.1, -0.05) is 27.7 Å². The van der Waals surface area contributed by atoms with Gasteiger partial charge in [0.15, 0.2) is 0 Å². The second-order valence-electron chi connectivity index (χ2n) is 6.52. The van der Waals surface area contributed by atoms with Gasteiger partial charge in [0, 0.05) is 50.5 Å². The Bertz CT molecular complexity index is 397. The molecule has 2 heterocycles. The molecule has 4 nitrogen and oxygen atoms in total. The molecule has 0 bridgehead atoms. The van der Waals surface area contributed by atoms with Gasteiger partial charge in [-0.15, -0.1) is 0 Å². The smallest absolute Gasteiger partial charge is 0.0534 e. The first kappa shape index (κ1) is 14.5. The minimum Gasteiger partial charge on any atom is -0.311 e. The molecule has 1 saturated heterocycles. The molecule has 4 heteroatoms. The summed E-state index contributed by atoms with van der Waals surface area (Å²) < 4.78 is 1.89. The standard InChI is InChI=1S/C15H28N4/c1-11(2)14-10-19(15(7-16-14)12(3)4)9-13-6-17-18(5)8-13/h6,8,11-12,14-16H,7,9-10H2,1-5H3. The summed E-state index contributed by atoms with van der Waals surface area (Å²) in [6.07, 6.45) is 4.12. The normalized spacial score (nSPS) is 25.4. The van der Waals surface area contributed by atoms with Crippen molar-refractivity contribution in [1.82, 2.24) is 20.0 Å². The summed E-state index contributed by atoms with van der Waals surface area (Å²) in [6, 6.07) is 1.22. The highest BCUT2D eigenvalue weighted by atomic mass is 15.3. The number of nitrogens with one attached hydrogen (secondary N) is 1. The molecule has 19 heavy (non-hydrogen) atoms. The molecule has 1 aromatic rings. The van der Waals surface area contributed by atoms with Crippen molar-refractivity contribution in [2.75, 3.05) is 13.1 Å². The maximum Gasteiger partial charge on any atom is 0.0534 e. The monoisotopic (exact) mass is 264 g/mol. The summed E-state index contributed by atoms with van der Waals surface area (Å²) in [5.41, 5.74) is 1.32. The fourth-order valence-electron chi connectivity index (χ4n) is 2.93. The van der Waals surface area contributed by atoms with Gasteiger partial charge in [-0.2, -0.15) is 5.10 Å². The van der Waals surface area contributed by atoms with Crippen molar-refractivity contribution < 1.29 is 0 Å². The molecule has 0 amide bonds. The lowest BCUT2D eigenvalue weighted by Crippen LogP contribution is -2.59. The fraction of sp³-hybridized carbons (Fsp3) is 0.800. The van der Waals surface area contributed by atoms with Gasteiger partial charge >= 0.3 is 0 Å². The quantitative estimate of drug-likeness (QED) is 0.901. The largest absolute Gasteiger partial charge is 0.311 e. The molecular weight excluding hydrogens is 236 g/mol. The zero-order valence-electron chi connectivity index (χ0n) is 12.9. The molecule has 0 aliphatic carbocycles. The second-order valence-corrected chi connectivity index (χ2v) is 6.52. The molecule has 1 N–H and O–H groups in total. The zero-order valence-corrected chi connectivity index (χ0v) is 12.9. The molecule has 1 aromatic heterocycles. The van der Waals surface area contributed by atoms with Crippen molar-refractivity contribution in [3.63, 3.8) is 0 Å². The third-order valence-corrected chi connectivity index (χ3v) is 4.21. The zero-order chi connectivity index (χ0) is 14.0. The van der Waals surface area contributed by atoms with Gasteiger partial charge in [-0.3, -0.25) is 9.58 Å². The lowest BCUT2D eigenvalue weighted by atomic mass is 9.94. The Morgan fingerprint density at radius 1 is 1.32 bits per heavy atom. The van der Waals surface area contributed by atoms with Crippen LogP contribution in [0.1, 0.15) is 33.3 Å². The molecule has 0 radical (unpaired) electrons. The number of hydrogen-bond donors (Lipinski definition) is 1. The van der Waals surface area contributed by atoms with Crippen LogP contribution in [-0.4, -0.2) is 39.9 Å². The molecule has 108 valence electrons. The summed E-state index contributed by atoms with van der Waals surface area (Å²) in [7, 11) is 1.98. The Balaban J connectivity index is 2.07. The Kier molecular flexibility index (Phi) is 4.63. The van der Waals surface area contributed by atoms with E-state index >= 15 is 0 Å². The van der Waals surface area contributed by atoms with Gasteiger partial charge in [0.2, 0.25) is 0 Å². The Morgan fingerprint density at radius 2 is 2.05 bits per heavy atom. The maximum absolute atomic E-state index is 4.28. The molecule has 1 fully saturated rings. The van der Waals surface area contributed by atoms with Crippen LogP contribution in [0, 0.1) is 11.8 Å². The predicted molar refractivity (Wildman–Crippen MR) is 78.9 cm³/mol. The van der Waals surface area contributed by atoms with Crippen molar-refractivity contribution in [2.45, 2.75) is 46.3 Å². The van der Waals surface area contributed by atoms with E-state index in [-0.39, 0.29) is 0 Å². The number of rotatable bonds is 4. The first-order valence-corrected chi connectivity index (χ1v) is 7.42. The van der Waals surface area contributed by atoms with Crippen LogP contribution in [0.25, 0.3) is 0 Å². The van der Waals surface area contributed by atoms with Crippen LogP contribution < -0.4 is 5.32 Å². The molecule has 2 atom stereocenters. The summed E-state index contributed by atoms with van der Waals surface area (Å²) >= 11 is 0. The van der Waals surface area contributed by atoms with Crippen LogP contribution in [0.15, 0.2) is 12.4 Å². The van der Waals surface area contributed by atoms with E-state index in [0.29, 0.717) is 23.9 Å². The topological polar surface area (TPSA) is 33.1 Å². The van der Waals surface area contributed by atoms with E-state index in [4.69, 9.17) is 0 Å². The molecule has 1 aliphatic rings. The summed E-state index contributed by atoms with van der Waals surface area (Å²) in [4.78, 5) is 2.63. The number of nitrogens with zero attached hydrogens (tertiary/aromatic N) is 3. The lowest BCUT2D eigenvalue weighted by molar-refractivity contribution is 0.0783. The number of piperazine rings is 1. The second kappa shape index (κ2) is 6.06. The number of hydrogen-bond acceptors (Lipinski definition) is 3. The van der Waals surface area contributed by atoms with E-state index in [1.54, 1.807) is 0 Å². The third kappa shape index (κ3) is 3.57. The Labute approximate surface area is 117 Å². The fourth-order valence-corrected chi connectivity index (χ4v) is 2.93. The minimum absolute atomic E-state index is 0.603. The van der Waals surface area contributed by atoms with Crippen LogP contribution in [0.2, 0.25) is 0 Å².